The molecule has 1 aromatic rings. The van der Waals surface area contributed by atoms with Gasteiger partial charge in [0.05, 0.1) is 0 Å². The zero-order valence-electron chi connectivity index (χ0n) is 12.1. The van der Waals surface area contributed by atoms with Gasteiger partial charge in [-0.2, -0.15) is 0 Å². The number of amides is 1. The van der Waals surface area contributed by atoms with Crippen LogP contribution in [0.1, 0.15) is 30.6 Å². The van der Waals surface area contributed by atoms with E-state index in [1.165, 1.54) is 12.1 Å². The Morgan fingerprint density at radius 1 is 1.27 bits per heavy atom. The molecule has 1 unspecified atom stereocenters. The van der Waals surface area contributed by atoms with Crippen molar-refractivity contribution in [2.45, 2.75) is 32.7 Å². The van der Waals surface area contributed by atoms with Crippen LogP contribution < -0.4 is 4.74 Å². The Kier molecular flexibility index (Phi) is 5.78. The fraction of sp³-hybridized carbons (Fsp3) is 0.429. The summed E-state index contributed by atoms with van der Waals surface area (Å²) in [6, 6.07) is 4.04. The first-order valence-electron chi connectivity index (χ1n) is 6.52. The molecule has 0 saturated heterocycles. The minimum Gasteiger partial charge on any atom is -0.480 e. The zero-order valence-corrected chi connectivity index (χ0v) is 12.1. The van der Waals surface area contributed by atoms with Crippen LogP contribution in [0.25, 0.3) is 0 Å². The molecule has 0 aliphatic carbocycles. The van der Waals surface area contributed by atoms with Crippen LogP contribution in [0, 0.1) is 0 Å². The Morgan fingerprint density at radius 3 is 2.23 bits per heavy atom. The monoisotopic (exact) mass is 319 g/mol. The molecule has 0 aliphatic heterocycles. The number of hydrogen-bond acceptors (Lipinski definition) is 3. The molecule has 0 saturated carbocycles. The molecule has 22 heavy (non-hydrogen) atoms. The number of carbonyl (C=O) groups is 2. The quantitative estimate of drug-likeness (QED) is 0.875. The van der Waals surface area contributed by atoms with Gasteiger partial charge in [0, 0.05) is 11.6 Å². The van der Waals surface area contributed by atoms with E-state index in [2.05, 4.69) is 4.74 Å². The maximum Gasteiger partial charge on any atom is 0.573 e. The summed E-state index contributed by atoms with van der Waals surface area (Å²) in [5, 5.41) is 8.86. The van der Waals surface area contributed by atoms with Crippen molar-refractivity contribution in [2.24, 2.45) is 0 Å². The lowest BCUT2D eigenvalue weighted by atomic mass is 10.1. The van der Waals surface area contributed by atoms with Gasteiger partial charge in [-0.3, -0.25) is 9.59 Å². The van der Waals surface area contributed by atoms with Crippen LogP contribution in [-0.2, 0) is 4.79 Å². The molecule has 1 atom stereocenters. The molecule has 122 valence electrons. The number of benzene rings is 1. The number of carbonyl (C=O) groups excluding carboxylic acids is 1. The molecule has 0 aliphatic rings. The molecule has 1 aromatic carbocycles. The van der Waals surface area contributed by atoms with Crippen LogP contribution in [-0.4, -0.2) is 40.8 Å². The smallest absolute Gasteiger partial charge is 0.480 e. The Bertz CT molecular complexity index is 528. The van der Waals surface area contributed by atoms with Crippen LogP contribution in [0.3, 0.4) is 0 Å². The highest BCUT2D eigenvalue weighted by molar-refractivity contribution is 5.96. The van der Waals surface area contributed by atoms with E-state index in [9.17, 15) is 22.8 Å². The van der Waals surface area contributed by atoms with E-state index in [0.29, 0.717) is 6.42 Å². The lowest BCUT2D eigenvalue weighted by Gasteiger charge is -2.27. The third kappa shape index (κ3) is 5.27. The third-order valence-corrected chi connectivity index (χ3v) is 3.02. The van der Waals surface area contributed by atoms with E-state index in [4.69, 9.17) is 5.11 Å². The van der Waals surface area contributed by atoms with E-state index in [0.717, 1.165) is 17.0 Å². The fourth-order valence-electron chi connectivity index (χ4n) is 1.76. The topological polar surface area (TPSA) is 66.8 Å². The largest absolute Gasteiger partial charge is 0.573 e. The Morgan fingerprint density at radius 2 is 1.82 bits per heavy atom. The molecule has 0 heterocycles. The number of halogens is 3. The second-order valence-corrected chi connectivity index (χ2v) is 4.66. The van der Waals surface area contributed by atoms with Gasteiger partial charge in [-0.05, 0) is 37.6 Å². The molecule has 0 spiro atoms. The second-order valence-electron chi connectivity index (χ2n) is 4.66. The molecule has 5 nitrogen and oxygen atoms in total. The average Bonchev–Trinajstić information content (AvgIpc) is 2.42. The number of alkyl halides is 3. The maximum absolute atomic E-state index is 12.3. The summed E-state index contributed by atoms with van der Waals surface area (Å²) in [6.07, 6.45) is -4.26. The van der Waals surface area contributed by atoms with Gasteiger partial charge in [0.1, 0.15) is 12.3 Å². The van der Waals surface area contributed by atoms with Crippen LogP contribution in [0.15, 0.2) is 24.3 Å². The van der Waals surface area contributed by atoms with Gasteiger partial charge >= 0.3 is 12.3 Å². The van der Waals surface area contributed by atoms with Crippen LogP contribution in [0.5, 0.6) is 5.75 Å². The van der Waals surface area contributed by atoms with Crippen molar-refractivity contribution in [3.05, 3.63) is 29.8 Å². The fourth-order valence-corrected chi connectivity index (χ4v) is 1.76. The number of ether oxygens (including phenoxy) is 1. The van der Waals surface area contributed by atoms with E-state index < -0.39 is 30.5 Å². The summed E-state index contributed by atoms with van der Waals surface area (Å²) in [7, 11) is 0. The standard InChI is InChI=1S/C14H16F3NO4/c1-3-9(2)18(8-12(19)20)13(21)10-4-6-11(7-5-10)22-14(15,16)17/h4-7,9H,3,8H2,1-2H3,(H,19,20). The first-order valence-corrected chi connectivity index (χ1v) is 6.52. The van der Waals surface area contributed by atoms with E-state index in [-0.39, 0.29) is 11.6 Å². The number of carboxylic acid groups (broad SMARTS) is 1. The lowest BCUT2D eigenvalue weighted by Crippen LogP contribution is -2.41. The van der Waals surface area contributed by atoms with Gasteiger partial charge in [0.2, 0.25) is 0 Å². The highest BCUT2D eigenvalue weighted by Gasteiger charge is 2.31. The molecular weight excluding hydrogens is 303 g/mol. The van der Waals surface area contributed by atoms with E-state index in [1.807, 2.05) is 0 Å². The predicted molar refractivity (Wildman–Crippen MR) is 71.6 cm³/mol. The molecule has 0 radical (unpaired) electrons. The molecule has 0 bridgehead atoms. The number of aliphatic carboxylic acids is 1. The summed E-state index contributed by atoms with van der Waals surface area (Å²) < 4.78 is 39.9. The molecule has 0 aromatic heterocycles. The first kappa shape index (κ1) is 17.8. The molecule has 1 N–H and O–H groups in total. The molecule has 1 rings (SSSR count). The summed E-state index contributed by atoms with van der Waals surface area (Å²) in [5.41, 5.74) is 0.0936. The Balaban J connectivity index is 2.92. The number of rotatable bonds is 6. The Labute approximate surface area is 125 Å². The van der Waals surface area contributed by atoms with Gasteiger partial charge in [-0.1, -0.05) is 6.92 Å². The molecule has 1 amide bonds. The highest BCUT2D eigenvalue weighted by atomic mass is 19.4. The average molecular weight is 319 g/mol. The van der Waals surface area contributed by atoms with Gasteiger partial charge < -0.3 is 14.7 Å². The normalized spacial score (nSPS) is 12.6. The minimum atomic E-state index is -4.81. The number of hydrogen-bond donors (Lipinski definition) is 1. The van der Waals surface area contributed by atoms with Gasteiger partial charge in [-0.25, -0.2) is 0 Å². The summed E-state index contributed by atoms with van der Waals surface area (Å²) in [5.74, 6) is -2.17. The first-order chi connectivity index (χ1) is 10.1. The third-order valence-electron chi connectivity index (χ3n) is 3.02. The van der Waals surface area contributed by atoms with Crippen molar-refractivity contribution in [3.63, 3.8) is 0 Å². The van der Waals surface area contributed by atoms with Gasteiger partial charge in [-0.15, -0.1) is 13.2 Å². The van der Waals surface area contributed by atoms with Crippen molar-refractivity contribution >= 4 is 11.9 Å². The predicted octanol–water partition coefficient (Wildman–Crippen LogP) is 2.91. The highest BCUT2D eigenvalue weighted by Crippen LogP contribution is 2.23. The Hall–Kier alpha value is -2.25. The van der Waals surface area contributed by atoms with Crippen LogP contribution >= 0.6 is 0 Å². The van der Waals surface area contributed by atoms with E-state index in [1.54, 1.807) is 13.8 Å². The van der Waals surface area contributed by atoms with Crippen molar-refractivity contribution < 1.29 is 32.6 Å². The molecular formula is C14H16F3NO4. The van der Waals surface area contributed by atoms with Crippen molar-refractivity contribution in [3.8, 4) is 5.75 Å². The summed E-state index contributed by atoms with van der Waals surface area (Å²) in [4.78, 5) is 24.3. The number of carboxylic acids is 1. The molecule has 8 heteroatoms. The second kappa shape index (κ2) is 7.15. The summed E-state index contributed by atoms with van der Waals surface area (Å²) >= 11 is 0. The maximum atomic E-state index is 12.3. The SMILES string of the molecule is CCC(C)N(CC(=O)O)C(=O)c1ccc(OC(F)(F)F)cc1. The minimum absolute atomic E-state index is 0.0936. The van der Waals surface area contributed by atoms with Crippen molar-refractivity contribution in [1.82, 2.24) is 4.90 Å². The van der Waals surface area contributed by atoms with Gasteiger partial charge in [0.15, 0.2) is 0 Å². The van der Waals surface area contributed by atoms with Crippen LogP contribution in [0.2, 0.25) is 0 Å². The van der Waals surface area contributed by atoms with E-state index >= 15 is 0 Å². The van der Waals surface area contributed by atoms with Crippen molar-refractivity contribution in [2.75, 3.05) is 6.54 Å². The zero-order chi connectivity index (χ0) is 16.9. The van der Waals surface area contributed by atoms with Crippen molar-refractivity contribution in [1.29, 1.82) is 0 Å². The molecule has 0 fully saturated rings. The lowest BCUT2D eigenvalue weighted by molar-refractivity contribution is -0.274. The van der Waals surface area contributed by atoms with Gasteiger partial charge in [0.25, 0.3) is 5.91 Å². The van der Waals surface area contributed by atoms with Crippen LogP contribution in [0.4, 0.5) is 13.2 Å². The summed E-state index contributed by atoms with van der Waals surface area (Å²) in [6.45, 7) is 3.02. The number of nitrogens with zero attached hydrogens (tertiary/aromatic N) is 1.